The first-order chi connectivity index (χ1) is 17.5. The molecule has 188 valence electrons. The lowest BCUT2D eigenvalue weighted by atomic mass is 10.1. The van der Waals surface area contributed by atoms with Gasteiger partial charge < -0.3 is 24.1 Å². The second kappa shape index (κ2) is 11.7. The number of nitrogens with one attached hydrogen (secondary N) is 1. The van der Waals surface area contributed by atoms with Crippen LogP contribution in [0.4, 0.5) is 0 Å². The number of hydrogen-bond donors (Lipinski definition) is 1. The number of methoxy groups -OCH3 is 3. The van der Waals surface area contributed by atoms with Crippen LogP contribution in [0.5, 0.6) is 17.2 Å². The average molecular weight is 487 g/mol. The summed E-state index contributed by atoms with van der Waals surface area (Å²) in [6, 6.07) is 20.7. The summed E-state index contributed by atoms with van der Waals surface area (Å²) in [4.78, 5) is 12.7. The molecule has 0 atom stereocenters. The van der Waals surface area contributed by atoms with Crippen molar-refractivity contribution in [1.82, 2.24) is 9.88 Å². The number of amides is 1. The Hall–Kier alpha value is -3.93. The molecule has 0 spiro atoms. The van der Waals surface area contributed by atoms with Gasteiger partial charge in [0.2, 0.25) is 11.7 Å². The summed E-state index contributed by atoms with van der Waals surface area (Å²) in [6.45, 7) is 3.47. The Bertz CT molecular complexity index is 1340. The minimum absolute atomic E-state index is 0.0326. The molecule has 0 aliphatic carbocycles. The van der Waals surface area contributed by atoms with Gasteiger partial charge in [-0.05, 0) is 48.6 Å². The van der Waals surface area contributed by atoms with Crippen molar-refractivity contribution in [3.8, 4) is 17.2 Å². The van der Waals surface area contributed by atoms with Crippen LogP contribution in [0.2, 0.25) is 0 Å². The van der Waals surface area contributed by atoms with E-state index in [9.17, 15) is 4.79 Å². The lowest BCUT2D eigenvalue weighted by molar-refractivity contribution is -0.121. The molecule has 0 saturated heterocycles. The number of fused-ring (bicyclic) bond motifs is 1. The summed E-state index contributed by atoms with van der Waals surface area (Å²) < 4.78 is 18.6. The van der Waals surface area contributed by atoms with Crippen LogP contribution >= 0.6 is 0 Å². The Balaban J connectivity index is 1.38. The number of rotatable bonds is 11. The van der Waals surface area contributed by atoms with Gasteiger partial charge in [-0.3, -0.25) is 4.79 Å². The standard InChI is InChI=1S/C30H34N2O4/c1-21-9-5-6-10-23(21)19-32-20-24(25-11-7-8-12-26(25)32)14-16-28(33)31-18-17-22-13-15-27(34-2)30(36-4)29(22)35-3/h5-13,15,20H,14,16-19H2,1-4H3,(H,31,33). The molecule has 0 unspecified atom stereocenters. The number of benzene rings is 3. The van der Waals surface area contributed by atoms with E-state index in [0.29, 0.717) is 43.1 Å². The molecule has 0 aliphatic rings. The fraction of sp³-hybridized carbons (Fsp3) is 0.300. The van der Waals surface area contributed by atoms with E-state index in [1.807, 2.05) is 12.1 Å². The van der Waals surface area contributed by atoms with Gasteiger partial charge in [-0.25, -0.2) is 0 Å². The lowest BCUT2D eigenvalue weighted by Gasteiger charge is -2.16. The molecule has 0 fully saturated rings. The first-order valence-corrected chi connectivity index (χ1v) is 12.2. The summed E-state index contributed by atoms with van der Waals surface area (Å²) >= 11 is 0. The maximum atomic E-state index is 12.7. The van der Waals surface area contributed by atoms with Gasteiger partial charge in [0, 0.05) is 42.2 Å². The van der Waals surface area contributed by atoms with Crippen LogP contribution < -0.4 is 19.5 Å². The quantitative estimate of drug-likeness (QED) is 0.312. The second-order valence-electron chi connectivity index (χ2n) is 8.82. The van der Waals surface area contributed by atoms with Gasteiger partial charge in [0.15, 0.2) is 11.5 Å². The number of hydrogen-bond acceptors (Lipinski definition) is 4. The molecule has 4 aromatic rings. The van der Waals surface area contributed by atoms with E-state index in [4.69, 9.17) is 14.2 Å². The monoisotopic (exact) mass is 486 g/mol. The molecule has 36 heavy (non-hydrogen) atoms. The number of nitrogens with zero attached hydrogens (tertiary/aromatic N) is 1. The molecule has 4 rings (SSSR count). The van der Waals surface area contributed by atoms with Crippen LogP contribution in [0.1, 0.15) is 28.7 Å². The number of aromatic nitrogens is 1. The second-order valence-corrected chi connectivity index (χ2v) is 8.82. The molecule has 1 aromatic heterocycles. The highest BCUT2D eigenvalue weighted by molar-refractivity contribution is 5.85. The third kappa shape index (κ3) is 5.48. The average Bonchev–Trinajstić information content (AvgIpc) is 3.25. The minimum Gasteiger partial charge on any atom is -0.493 e. The molecule has 0 radical (unpaired) electrons. The van der Waals surface area contributed by atoms with Crippen molar-refractivity contribution in [2.24, 2.45) is 0 Å². The Morgan fingerprint density at radius 3 is 2.31 bits per heavy atom. The van der Waals surface area contributed by atoms with Gasteiger partial charge >= 0.3 is 0 Å². The predicted molar refractivity (Wildman–Crippen MR) is 143 cm³/mol. The molecule has 3 aromatic carbocycles. The highest BCUT2D eigenvalue weighted by Crippen LogP contribution is 2.39. The van der Waals surface area contributed by atoms with E-state index in [0.717, 1.165) is 12.1 Å². The molecule has 0 bridgehead atoms. The van der Waals surface area contributed by atoms with Crippen molar-refractivity contribution in [2.75, 3.05) is 27.9 Å². The van der Waals surface area contributed by atoms with Crippen LogP contribution in [0.25, 0.3) is 10.9 Å². The van der Waals surface area contributed by atoms with Crippen LogP contribution in [0.15, 0.2) is 66.9 Å². The third-order valence-corrected chi connectivity index (χ3v) is 6.60. The Morgan fingerprint density at radius 2 is 1.56 bits per heavy atom. The van der Waals surface area contributed by atoms with Crippen molar-refractivity contribution in [3.05, 3.63) is 89.1 Å². The zero-order valence-corrected chi connectivity index (χ0v) is 21.5. The van der Waals surface area contributed by atoms with Crippen LogP contribution in [-0.2, 0) is 24.2 Å². The topological polar surface area (TPSA) is 61.7 Å². The molecular weight excluding hydrogens is 452 g/mol. The maximum Gasteiger partial charge on any atom is 0.220 e. The normalized spacial score (nSPS) is 10.9. The molecular formula is C30H34N2O4. The molecule has 6 heteroatoms. The summed E-state index contributed by atoms with van der Waals surface area (Å²) in [5.74, 6) is 1.84. The van der Waals surface area contributed by atoms with Gasteiger partial charge in [0.25, 0.3) is 0 Å². The Labute approximate surface area is 212 Å². The first kappa shape index (κ1) is 25.2. The summed E-state index contributed by atoms with van der Waals surface area (Å²) in [5.41, 5.74) is 5.91. The van der Waals surface area contributed by atoms with Crippen LogP contribution in [-0.4, -0.2) is 38.3 Å². The van der Waals surface area contributed by atoms with E-state index < -0.39 is 0 Å². The van der Waals surface area contributed by atoms with E-state index in [1.54, 1.807) is 21.3 Å². The number of ether oxygens (including phenoxy) is 3. The van der Waals surface area contributed by atoms with E-state index in [2.05, 4.69) is 71.5 Å². The third-order valence-electron chi connectivity index (χ3n) is 6.60. The van der Waals surface area contributed by atoms with Crippen molar-refractivity contribution in [3.63, 3.8) is 0 Å². The maximum absolute atomic E-state index is 12.7. The van der Waals surface area contributed by atoms with Gasteiger partial charge in [-0.1, -0.05) is 48.5 Å². The fourth-order valence-electron chi connectivity index (χ4n) is 4.66. The Morgan fingerprint density at radius 1 is 0.806 bits per heavy atom. The van der Waals surface area contributed by atoms with Gasteiger partial charge in [-0.15, -0.1) is 0 Å². The molecule has 6 nitrogen and oxygen atoms in total. The van der Waals surface area contributed by atoms with E-state index in [-0.39, 0.29) is 5.91 Å². The van der Waals surface area contributed by atoms with Crippen LogP contribution in [0, 0.1) is 6.92 Å². The van der Waals surface area contributed by atoms with Crippen molar-refractivity contribution in [1.29, 1.82) is 0 Å². The van der Waals surface area contributed by atoms with Gasteiger partial charge in [0.1, 0.15) is 0 Å². The summed E-state index contributed by atoms with van der Waals surface area (Å²) in [7, 11) is 4.79. The van der Waals surface area contributed by atoms with Crippen molar-refractivity contribution in [2.45, 2.75) is 32.7 Å². The van der Waals surface area contributed by atoms with Crippen molar-refractivity contribution >= 4 is 16.8 Å². The lowest BCUT2D eigenvalue weighted by Crippen LogP contribution is -2.26. The van der Waals surface area contributed by atoms with Gasteiger partial charge in [0.05, 0.1) is 21.3 Å². The van der Waals surface area contributed by atoms with Crippen molar-refractivity contribution < 1.29 is 19.0 Å². The number of para-hydroxylation sites is 1. The Kier molecular flexibility index (Phi) is 8.16. The van der Waals surface area contributed by atoms with Crippen LogP contribution in [0.3, 0.4) is 0 Å². The largest absolute Gasteiger partial charge is 0.493 e. The molecule has 1 heterocycles. The zero-order valence-electron chi connectivity index (χ0n) is 21.5. The first-order valence-electron chi connectivity index (χ1n) is 12.2. The number of carbonyl (C=O) groups is 1. The molecule has 0 saturated carbocycles. The minimum atomic E-state index is 0.0326. The zero-order chi connectivity index (χ0) is 25.5. The smallest absolute Gasteiger partial charge is 0.220 e. The fourth-order valence-corrected chi connectivity index (χ4v) is 4.66. The highest BCUT2D eigenvalue weighted by atomic mass is 16.5. The summed E-state index contributed by atoms with van der Waals surface area (Å²) in [5, 5.41) is 4.25. The van der Waals surface area contributed by atoms with Gasteiger partial charge in [-0.2, -0.15) is 0 Å². The highest BCUT2D eigenvalue weighted by Gasteiger charge is 2.16. The number of aryl methyl sites for hydroxylation is 2. The number of carbonyl (C=O) groups excluding carboxylic acids is 1. The SMILES string of the molecule is COc1ccc(CCNC(=O)CCc2cn(Cc3ccccc3C)c3ccccc23)c(OC)c1OC. The predicted octanol–water partition coefficient (Wildman–Crippen LogP) is 5.32. The van der Waals surface area contributed by atoms with E-state index in [1.165, 1.54) is 27.6 Å². The molecule has 1 N–H and O–H groups in total. The summed E-state index contributed by atoms with van der Waals surface area (Å²) in [6.07, 6.45) is 3.94. The molecule has 1 amide bonds. The van der Waals surface area contributed by atoms with E-state index >= 15 is 0 Å². The molecule has 0 aliphatic heterocycles.